The van der Waals surface area contributed by atoms with Gasteiger partial charge >= 0.3 is 13.1 Å². The molecule has 0 unspecified atom stereocenters. The second-order valence-corrected chi connectivity index (χ2v) is 2.53. The molecule has 0 radical (unpaired) electrons. The maximum atomic E-state index is 10.5. The molecule has 0 heterocycles. The summed E-state index contributed by atoms with van der Waals surface area (Å²) in [6.45, 7) is 0. The zero-order valence-corrected chi connectivity index (χ0v) is 6.64. The highest BCUT2D eigenvalue weighted by molar-refractivity contribution is 6.58. The van der Waals surface area contributed by atoms with Crippen LogP contribution >= 0.6 is 0 Å². The van der Waals surface area contributed by atoms with Crippen molar-refractivity contribution in [2.45, 2.75) is 0 Å². The van der Waals surface area contributed by atoms with Gasteiger partial charge in [0.15, 0.2) is 0 Å². The summed E-state index contributed by atoms with van der Waals surface area (Å²) in [5, 5.41) is 26.1. The van der Waals surface area contributed by atoms with Gasteiger partial charge in [0, 0.05) is 5.69 Å². The van der Waals surface area contributed by atoms with Crippen LogP contribution < -0.4 is 11.2 Å². The Balaban J connectivity index is 3.13. The van der Waals surface area contributed by atoms with Crippen LogP contribution in [0.5, 0.6) is 0 Å². The van der Waals surface area contributed by atoms with Gasteiger partial charge in [0.25, 0.3) is 0 Å². The molecule has 1 rings (SSSR count). The molecular weight excluding hydrogens is 173 g/mol. The van der Waals surface area contributed by atoms with E-state index in [1.165, 1.54) is 18.2 Å². The minimum Gasteiger partial charge on any atom is -0.478 e. The predicted molar refractivity (Wildman–Crippen MR) is 47.6 cm³/mol. The summed E-state index contributed by atoms with van der Waals surface area (Å²) in [6, 6.07) is 3.74. The van der Waals surface area contributed by atoms with Crippen LogP contribution in [0.25, 0.3) is 0 Å². The number of carboxylic acid groups (broad SMARTS) is 1. The maximum Gasteiger partial charge on any atom is 0.488 e. The zero-order valence-electron chi connectivity index (χ0n) is 6.64. The van der Waals surface area contributed by atoms with Crippen molar-refractivity contribution in [1.29, 1.82) is 0 Å². The Morgan fingerprint density at radius 2 is 2.00 bits per heavy atom. The van der Waals surface area contributed by atoms with Crippen molar-refractivity contribution in [3.8, 4) is 0 Å². The molecule has 0 amide bonds. The van der Waals surface area contributed by atoms with E-state index in [2.05, 4.69) is 0 Å². The smallest absolute Gasteiger partial charge is 0.478 e. The normalized spacial score (nSPS) is 9.69. The Morgan fingerprint density at radius 3 is 2.38 bits per heavy atom. The molecule has 0 aliphatic heterocycles. The van der Waals surface area contributed by atoms with Crippen molar-refractivity contribution in [2.75, 3.05) is 5.73 Å². The molecule has 13 heavy (non-hydrogen) atoms. The van der Waals surface area contributed by atoms with Gasteiger partial charge in [0.2, 0.25) is 0 Å². The predicted octanol–water partition coefficient (Wildman–Crippen LogP) is -1.35. The first kappa shape index (κ1) is 9.56. The van der Waals surface area contributed by atoms with Crippen molar-refractivity contribution in [1.82, 2.24) is 0 Å². The van der Waals surface area contributed by atoms with E-state index in [1.54, 1.807) is 0 Å². The third-order valence-electron chi connectivity index (χ3n) is 1.60. The van der Waals surface area contributed by atoms with Gasteiger partial charge in [-0.3, -0.25) is 0 Å². The first-order valence-electron chi connectivity index (χ1n) is 3.51. The molecule has 6 heteroatoms. The summed E-state index contributed by atoms with van der Waals surface area (Å²) in [5.41, 5.74) is 5.49. The summed E-state index contributed by atoms with van der Waals surface area (Å²) in [5.74, 6) is -1.14. The van der Waals surface area contributed by atoms with E-state index < -0.39 is 13.1 Å². The number of carbonyl (C=O) groups is 1. The molecule has 0 fully saturated rings. The minimum absolute atomic E-state index is 0.0121. The molecule has 1 aromatic carbocycles. The maximum absolute atomic E-state index is 10.5. The number of hydrogen-bond acceptors (Lipinski definition) is 4. The molecule has 0 atom stereocenters. The van der Waals surface area contributed by atoms with Crippen LogP contribution in [0.4, 0.5) is 5.69 Å². The van der Waals surface area contributed by atoms with Crippen LogP contribution in [0, 0.1) is 0 Å². The number of nitrogens with two attached hydrogens (primary N) is 1. The highest BCUT2D eigenvalue weighted by Crippen LogP contribution is 2.08. The molecule has 0 saturated carbocycles. The van der Waals surface area contributed by atoms with Gasteiger partial charge in [-0.25, -0.2) is 4.79 Å². The van der Waals surface area contributed by atoms with Crippen LogP contribution in [0.2, 0.25) is 0 Å². The van der Waals surface area contributed by atoms with Gasteiger partial charge in [-0.15, -0.1) is 0 Å². The van der Waals surface area contributed by atoms with Gasteiger partial charge in [-0.1, -0.05) is 6.07 Å². The molecule has 0 bridgehead atoms. The lowest BCUT2D eigenvalue weighted by molar-refractivity contribution is 0.0698. The highest BCUT2D eigenvalue weighted by Gasteiger charge is 2.14. The number of hydrogen-bond donors (Lipinski definition) is 4. The summed E-state index contributed by atoms with van der Waals surface area (Å²) < 4.78 is 0. The first-order valence-corrected chi connectivity index (χ1v) is 3.51. The van der Waals surface area contributed by atoms with Crippen LogP contribution in [0.15, 0.2) is 18.2 Å². The number of aromatic carboxylic acids is 1. The summed E-state index contributed by atoms with van der Waals surface area (Å²) >= 11 is 0. The van der Waals surface area contributed by atoms with E-state index in [0.717, 1.165) is 0 Å². The van der Waals surface area contributed by atoms with Crippen molar-refractivity contribution in [3.63, 3.8) is 0 Å². The first-order chi connectivity index (χ1) is 6.02. The number of nitrogen functional groups attached to an aromatic ring is 1. The fourth-order valence-electron chi connectivity index (χ4n) is 0.937. The molecule has 68 valence electrons. The number of benzene rings is 1. The zero-order chi connectivity index (χ0) is 10.0. The molecule has 0 aliphatic rings. The van der Waals surface area contributed by atoms with Gasteiger partial charge < -0.3 is 20.9 Å². The standard InChI is InChI=1S/C7H8BNO4/c9-6-3-4(8(12)13)1-2-5(6)7(10)11/h1-3,12-13H,9H2,(H,10,11). The van der Waals surface area contributed by atoms with Crippen molar-refractivity contribution < 1.29 is 19.9 Å². The van der Waals surface area contributed by atoms with Crippen LogP contribution in [-0.2, 0) is 0 Å². The van der Waals surface area contributed by atoms with E-state index in [0.29, 0.717) is 0 Å². The van der Waals surface area contributed by atoms with Gasteiger partial charge in [-0.05, 0) is 17.6 Å². The van der Waals surface area contributed by atoms with E-state index in [1.807, 2.05) is 0 Å². The highest BCUT2D eigenvalue weighted by atomic mass is 16.4. The lowest BCUT2D eigenvalue weighted by Crippen LogP contribution is -2.30. The second-order valence-electron chi connectivity index (χ2n) is 2.53. The molecular formula is C7H8BNO4. The lowest BCUT2D eigenvalue weighted by Gasteiger charge is -2.03. The molecule has 0 aromatic heterocycles. The van der Waals surface area contributed by atoms with Gasteiger partial charge in [0.05, 0.1) is 5.56 Å². The largest absolute Gasteiger partial charge is 0.488 e. The average molecular weight is 181 g/mol. The monoisotopic (exact) mass is 181 g/mol. The van der Waals surface area contributed by atoms with Crippen LogP contribution in [-0.4, -0.2) is 28.2 Å². The molecule has 0 aliphatic carbocycles. The summed E-state index contributed by atoms with van der Waals surface area (Å²) in [6.07, 6.45) is 0. The molecule has 0 spiro atoms. The third-order valence-corrected chi connectivity index (χ3v) is 1.60. The SMILES string of the molecule is Nc1cc(B(O)O)ccc1C(=O)O. The van der Waals surface area contributed by atoms with Crippen molar-refractivity contribution in [2.24, 2.45) is 0 Å². The summed E-state index contributed by atoms with van der Waals surface area (Å²) in [7, 11) is -1.63. The number of carboxylic acids is 1. The van der Waals surface area contributed by atoms with Crippen molar-refractivity contribution in [3.05, 3.63) is 23.8 Å². The van der Waals surface area contributed by atoms with Crippen LogP contribution in [0.1, 0.15) is 10.4 Å². The quantitative estimate of drug-likeness (QED) is 0.333. The Bertz CT molecular complexity index is 339. The Labute approximate surface area is 74.6 Å². The Hall–Kier alpha value is -1.53. The Morgan fingerprint density at radius 1 is 1.38 bits per heavy atom. The number of anilines is 1. The van der Waals surface area contributed by atoms with E-state index in [-0.39, 0.29) is 16.7 Å². The number of rotatable bonds is 2. The van der Waals surface area contributed by atoms with E-state index in [4.69, 9.17) is 20.9 Å². The average Bonchev–Trinajstić information content (AvgIpc) is 2.03. The van der Waals surface area contributed by atoms with E-state index in [9.17, 15) is 4.79 Å². The molecule has 1 aromatic rings. The fraction of sp³-hybridized carbons (Fsp3) is 0. The van der Waals surface area contributed by atoms with Crippen LogP contribution in [0.3, 0.4) is 0 Å². The Kier molecular flexibility index (Phi) is 2.55. The fourth-order valence-corrected chi connectivity index (χ4v) is 0.937. The molecule has 5 N–H and O–H groups in total. The van der Waals surface area contributed by atoms with E-state index >= 15 is 0 Å². The molecule has 0 saturated heterocycles. The van der Waals surface area contributed by atoms with Crippen molar-refractivity contribution >= 4 is 24.2 Å². The van der Waals surface area contributed by atoms with Gasteiger partial charge in [0.1, 0.15) is 0 Å². The topological polar surface area (TPSA) is 104 Å². The third kappa shape index (κ3) is 1.98. The summed E-state index contributed by atoms with van der Waals surface area (Å²) in [4.78, 5) is 10.5. The second kappa shape index (κ2) is 3.46. The molecule has 5 nitrogen and oxygen atoms in total. The van der Waals surface area contributed by atoms with Gasteiger partial charge in [-0.2, -0.15) is 0 Å². The minimum atomic E-state index is -1.63. The lowest BCUT2D eigenvalue weighted by atomic mass is 9.79.